The molecule has 2 rings (SSSR count). The van der Waals surface area contributed by atoms with Gasteiger partial charge in [-0.1, -0.05) is 30.8 Å². The van der Waals surface area contributed by atoms with Crippen molar-refractivity contribution < 1.29 is 24.5 Å². The number of esters is 1. The smallest absolute Gasteiger partial charge is 0.333 e. The van der Waals surface area contributed by atoms with Crippen LogP contribution in [0.4, 0.5) is 0 Å². The molecule has 0 aromatic heterocycles. The summed E-state index contributed by atoms with van der Waals surface area (Å²) in [5.74, 6) is -1.21. The maximum atomic E-state index is 11.8. The molecule has 5 nitrogen and oxygen atoms in total. The number of Topliss-reactive ketones (excluding diaryl/α,β-unsaturated/α-hetero) is 1. The highest BCUT2D eigenvalue weighted by Gasteiger charge is 2.11. The van der Waals surface area contributed by atoms with Crippen LogP contribution in [-0.2, 0) is 20.7 Å². The number of fused-ring (bicyclic) bond motifs is 1. The molecular weight excluding hydrogens is 284 g/mol. The summed E-state index contributed by atoms with van der Waals surface area (Å²) in [7, 11) is 0. The van der Waals surface area contributed by atoms with Crippen LogP contribution in [0.15, 0.2) is 42.5 Å². The van der Waals surface area contributed by atoms with Gasteiger partial charge in [0.1, 0.15) is 0 Å². The molecule has 0 aliphatic heterocycles. The molecular formula is C17H16O5. The lowest BCUT2D eigenvalue weighted by Crippen LogP contribution is -2.15. The van der Waals surface area contributed by atoms with E-state index in [4.69, 9.17) is 4.74 Å². The number of phenols is 2. The van der Waals surface area contributed by atoms with Gasteiger partial charge in [0.2, 0.25) is 0 Å². The Morgan fingerprint density at radius 1 is 1.18 bits per heavy atom. The highest BCUT2D eigenvalue weighted by Crippen LogP contribution is 2.33. The predicted molar refractivity (Wildman–Crippen MR) is 81.8 cm³/mol. The van der Waals surface area contributed by atoms with Crippen molar-refractivity contribution in [1.29, 1.82) is 0 Å². The fourth-order valence-corrected chi connectivity index (χ4v) is 2.01. The second-order valence-corrected chi connectivity index (χ2v) is 5.06. The van der Waals surface area contributed by atoms with E-state index in [0.29, 0.717) is 10.8 Å². The first-order chi connectivity index (χ1) is 10.4. The number of benzene rings is 2. The van der Waals surface area contributed by atoms with Crippen LogP contribution >= 0.6 is 0 Å². The molecule has 0 fully saturated rings. The molecule has 0 bridgehead atoms. The normalized spacial score (nSPS) is 10.4. The first kappa shape index (κ1) is 15.6. The minimum Gasteiger partial charge on any atom is -0.504 e. The number of aromatic hydroxyl groups is 2. The number of rotatable bonds is 5. The van der Waals surface area contributed by atoms with Crippen molar-refractivity contribution in [2.45, 2.75) is 13.3 Å². The molecule has 114 valence electrons. The molecule has 0 heterocycles. The largest absolute Gasteiger partial charge is 0.504 e. The first-order valence-corrected chi connectivity index (χ1v) is 6.66. The Bertz CT molecular complexity index is 761. The molecule has 2 aromatic carbocycles. The van der Waals surface area contributed by atoms with Crippen LogP contribution in [0.5, 0.6) is 11.5 Å². The summed E-state index contributed by atoms with van der Waals surface area (Å²) in [5, 5.41) is 20.4. The third-order valence-electron chi connectivity index (χ3n) is 3.15. The zero-order chi connectivity index (χ0) is 16.3. The Balaban J connectivity index is 2.09. The average molecular weight is 300 g/mol. The average Bonchev–Trinajstić information content (AvgIpc) is 2.48. The molecule has 0 aliphatic carbocycles. The van der Waals surface area contributed by atoms with Crippen LogP contribution in [0.2, 0.25) is 0 Å². The zero-order valence-corrected chi connectivity index (χ0v) is 12.1. The van der Waals surface area contributed by atoms with E-state index in [1.54, 1.807) is 24.3 Å². The van der Waals surface area contributed by atoms with E-state index < -0.39 is 5.97 Å². The summed E-state index contributed by atoms with van der Waals surface area (Å²) in [5.41, 5.74) is 0.975. The van der Waals surface area contributed by atoms with Crippen molar-refractivity contribution in [1.82, 2.24) is 0 Å². The van der Waals surface area contributed by atoms with Gasteiger partial charge in [-0.3, -0.25) is 4.79 Å². The van der Waals surface area contributed by atoms with Crippen LogP contribution in [0, 0.1) is 0 Å². The number of carbonyl (C=O) groups is 2. The summed E-state index contributed by atoms with van der Waals surface area (Å²) in [6.45, 7) is 4.65. The lowest BCUT2D eigenvalue weighted by molar-refractivity contribution is -0.143. The van der Waals surface area contributed by atoms with Gasteiger partial charge >= 0.3 is 5.97 Å². The number of hydrogen-bond donors (Lipinski definition) is 2. The van der Waals surface area contributed by atoms with Crippen molar-refractivity contribution in [2.75, 3.05) is 6.61 Å². The van der Waals surface area contributed by atoms with Crippen molar-refractivity contribution >= 4 is 22.5 Å². The Morgan fingerprint density at radius 2 is 1.91 bits per heavy atom. The van der Waals surface area contributed by atoms with Gasteiger partial charge in [0.15, 0.2) is 23.9 Å². The molecule has 0 saturated heterocycles. The van der Waals surface area contributed by atoms with E-state index in [0.717, 1.165) is 5.56 Å². The van der Waals surface area contributed by atoms with Gasteiger partial charge in [0, 0.05) is 17.4 Å². The highest BCUT2D eigenvalue weighted by molar-refractivity contribution is 5.93. The lowest BCUT2D eigenvalue weighted by atomic mass is 10.0. The molecule has 0 radical (unpaired) electrons. The Morgan fingerprint density at radius 3 is 2.59 bits per heavy atom. The van der Waals surface area contributed by atoms with Crippen LogP contribution < -0.4 is 0 Å². The van der Waals surface area contributed by atoms with Crippen molar-refractivity contribution in [2.24, 2.45) is 0 Å². The van der Waals surface area contributed by atoms with Gasteiger partial charge in [-0.25, -0.2) is 4.79 Å². The van der Waals surface area contributed by atoms with Crippen LogP contribution in [0.3, 0.4) is 0 Å². The molecule has 22 heavy (non-hydrogen) atoms. The monoisotopic (exact) mass is 300 g/mol. The second kappa shape index (κ2) is 6.30. The maximum Gasteiger partial charge on any atom is 0.333 e. The standard InChI is InChI=1S/C17H16O5/c1-10(2)17(21)22-9-13(18)8-11-3-5-14-12(7-11)4-6-15(19)16(14)20/h3-7,19-20H,1,8-9H2,2H3. The van der Waals surface area contributed by atoms with Crippen LogP contribution in [-0.4, -0.2) is 28.6 Å². The summed E-state index contributed by atoms with van der Waals surface area (Å²) in [6.07, 6.45) is 0.112. The van der Waals surface area contributed by atoms with E-state index in [2.05, 4.69) is 6.58 Å². The van der Waals surface area contributed by atoms with Gasteiger partial charge in [0.25, 0.3) is 0 Å². The summed E-state index contributed by atoms with van der Waals surface area (Å²) in [6, 6.07) is 8.09. The van der Waals surface area contributed by atoms with Gasteiger partial charge in [-0.2, -0.15) is 0 Å². The highest BCUT2D eigenvalue weighted by atomic mass is 16.5. The van der Waals surface area contributed by atoms with Gasteiger partial charge in [-0.05, 0) is 23.9 Å². The first-order valence-electron chi connectivity index (χ1n) is 6.66. The van der Waals surface area contributed by atoms with Crippen molar-refractivity contribution in [3.63, 3.8) is 0 Å². The summed E-state index contributed by atoms with van der Waals surface area (Å²) < 4.78 is 4.80. The van der Waals surface area contributed by atoms with E-state index >= 15 is 0 Å². The molecule has 0 atom stereocenters. The van der Waals surface area contributed by atoms with E-state index in [1.165, 1.54) is 13.0 Å². The molecule has 0 spiro atoms. The van der Waals surface area contributed by atoms with Crippen molar-refractivity contribution in [3.8, 4) is 11.5 Å². The van der Waals surface area contributed by atoms with Gasteiger partial charge in [0.05, 0.1) is 0 Å². The summed E-state index contributed by atoms with van der Waals surface area (Å²) >= 11 is 0. The number of ether oxygens (including phenoxy) is 1. The maximum absolute atomic E-state index is 11.8. The number of hydrogen-bond acceptors (Lipinski definition) is 5. The Kier molecular flexibility index (Phi) is 4.46. The summed E-state index contributed by atoms with van der Waals surface area (Å²) in [4.78, 5) is 23.0. The fraction of sp³-hybridized carbons (Fsp3) is 0.176. The van der Waals surface area contributed by atoms with E-state index in [-0.39, 0.29) is 35.9 Å². The Hall–Kier alpha value is -2.82. The minimum absolute atomic E-state index is 0.112. The topological polar surface area (TPSA) is 83.8 Å². The number of carbonyl (C=O) groups excluding carboxylic acids is 2. The van der Waals surface area contributed by atoms with Crippen LogP contribution in [0.25, 0.3) is 10.8 Å². The third-order valence-corrected chi connectivity index (χ3v) is 3.15. The predicted octanol–water partition coefficient (Wildman–Crippen LogP) is 2.48. The molecule has 0 amide bonds. The van der Waals surface area contributed by atoms with E-state index in [9.17, 15) is 19.8 Å². The quantitative estimate of drug-likeness (QED) is 0.503. The van der Waals surface area contributed by atoms with Crippen LogP contribution in [0.1, 0.15) is 12.5 Å². The zero-order valence-electron chi connectivity index (χ0n) is 12.1. The van der Waals surface area contributed by atoms with Gasteiger partial charge < -0.3 is 14.9 Å². The fourth-order valence-electron chi connectivity index (χ4n) is 2.01. The molecule has 0 aliphatic rings. The molecule has 2 aromatic rings. The molecule has 5 heteroatoms. The third kappa shape index (κ3) is 3.44. The van der Waals surface area contributed by atoms with Gasteiger partial charge in [-0.15, -0.1) is 0 Å². The molecule has 0 unspecified atom stereocenters. The van der Waals surface area contributed by atoms with Crippen molar-refractivity contribution in [3.05, 3.63) is 48.0 Å². The number of phenolic OH excluding ortho intramolecular Hbond substituents is 2. The SMILES string of the molecule is C=C(C)C(=O)OCC(=O)Cc1ccc2c(O)c(O)ccc2c1. The van der Waals surface area contributed by atoms with E-state index in [1.807, 2.05) is 0 Å². The molecule has 0 saturated carbocycles. The lowest BCUT2D eigenvalue weighted by Gasteiger charge is -2.07. The second-order valence-electron chi connectivity index (χ2n) is 5.06. The Labute approximate surface area is 127 Å². The number of ketones is 1. The molecule has 2 N–H and O–H groups in total. The minimum atomic E-state index is -0.591.